The fourth-order valence-corrected chi connectivity index (χ4v) is 10.9. The summed E-state index contributed by atoms with van der Waals surface area (Å²) in [6, 6.07) is 3.82. The summed E-state index contributed by atoms with van der Waals surface area (Å²) < 4.78 is 46.3. The molecule has 4 aliphatic carbocycles. The quantitative estimate of drug-likeness (QED) is 0.314. The molecule has 1 aromatic heterocycles. The highest BCUT2D eigenvalue weighted by atomic mass is 32.2. The molecule has 15 heteroatoms. The zero-order valence-corrected chi connectivity index (χ0v) is 34.3. The van der Waals surface area contributed by atoms with Crippen molar-refractivity contribution in [1.29, 1.82) is 0 Å². The molecule has 3 aliphatic heterocycles. The van der Waals surface area contributed by atoms with Crippen LogP contribution in [0.4, 0.5) is 4.79 Å². The van der Waals surface area contributed by atoms with E-state index in [1.165, 1.54) is 4.90 Å². The fourth-order valence-electron chi connectivity index (χ4n) is 9.63. The maximum absolute atomic E-state index is 14.9. The number of rotatable bonds is 7. The molecule has 1 aromatic carbocycles. The molecule has 4 heterocycles. The molecule has 5 atom stereocenters. The van der Waals surface area contributed by atoms with E-state index in [1.54, 1.807) is 14.0 Å². The van der Waals surface area contributed by atoms with Crippen molar-refractivity contribution in [2.75, 3.05) is 13.7 Å². The highest BCUT2D eigenvalue weighted by Gasteiger charge is 2.64. The molecule has 4 saturated carbocycles. The van der Waals surface area contributed by atoms with Crippen molar-refractivity contribution < 1.29 is 41.8 Å². The van der Waals surface area contributed by atoms with Gasteiger partial charge in [-0.25, -0.2) is 18.2 Å². The van der Waals surface area contributed by atoms with E-state index in [4.69, 9.17) is 19.2 Å². The Labute approximate surface area is 339 Å². The SMILES string of the molecule is COc1ccc2nc(C3CC3)c3c(c2c1)CC[C@]1(C[C@H]2C(=O)N[C@]4(C(=O)NS(=O)(=O)C5(C)CC5)C[C@@H]4/C=C\CCCCC[C@H](NC(=O)OC4CCCC4)C(=O)N2C1)O3. The lowest BCUT2D eigenvalue weighted by molar-refractivity contribution is -0.141. The summed E-state index contributed by atoms with van der Waals surface area (Å²) in [5.41, 5.74) is 0.308. The van der Waals surface area contributed by atoms with E-state index in [-0.39, 0.29) is 31.4 Å². The van der Waals surface area contributed by atoms with Crippen molar-refractivity contribution in [3.05, 3.63) is 41.6 Å². The lowest BCUT2D eigenvalue weighted by Crippen LogP contribution is -2.58. The summed E-state index contributed by atoms with van der Waals surface area (Å²) in [5, 5.41) is 6.81. The number of fused-ring (bicyclic) bond motifs is 5. The van der Waals surface area contributed by atoms with Crippen molar-refractivity contribution >= 4 is 44.7 Å². The fraction of sp³-hybridized carbons (Fsp3) is 0.651. The number of hydrogen-bond acceptors (Lipinski definition) is 10. The number of aromatic nitrogens is 1. The number of allylic oxidation sites excluding steroid dienone is 1. The van der Waals surface area contributed by atoms with Crippen LogP contribution in [-0.2, 0) is 35.6 Å². The van der Waals surface area contributed by atoms with Crippen LogP contribution in [0.5, 0.6) is 11.5 Å². The van der Waals surface area contributed by atoms with Gasteiger partial charge in [-0.05, 0) is 115 Å². The number of sulfonamides is 1. The first kappa shape index (κ1) is 39.1. The van der Waals surface area contributed by atoms with Crippen molar-refractivity contribution in [3.8, 4) is 11.5 Å². The predicted octanol–water partition coefficient (Wildman–Crippen LogP) is 5.22. The van der Waals surface area contributed by atoms with E-state index >= 15 is 0 Å². The monoisotopic (exact) mass is 817 g/mol. The highest BCUT2D eigenvalue weighted by molar-refractivity contribution is 7.91. The molecule has 0 radical (unpaired) electrons. The molecule has 2 aromatic rings. The van der Waals surface area contributed by atoms with Crippen LogP contribution in [0, 0.1) is 5.92 Å². The summed E-state index contributed by atoms with van der Waals surface area (Å²) in [7, 11) is -2.36. The molecule has 0 unspecified atom stereocenters. The van der Waals surface area contributed by atoms with Crippen LogP contribution in [0.2, 0.25) is 0 Å². The number of carbonyl (C=O) groups excluding carboxylic acids is 4. The maximum atomic E-state index is 14.9. The summed E-state index contributed by atoms with van der Waals surface area (Å²) in [4.78, 5) is 63.7. The Hall–Kier alpha value is -4.40. The molecule has 3 N–H and O–H groups in total. The van der Waals surface area contributed by atoms with Crippen LogP contribution in [0.15, 0.2) is 30.4 Å². The average Bonchev–Trinajstić information content (AvgIpc) is 4.17. The summed E-state index contributed by atoms with van der Waals surface area (Å²) in [5.74, 6) is -0.508. The number of nitrogens with zero attached hydrogens (tertiary/aromatic N) is 2. The first-order valence-corrected chi connectivity index (χ1v) is 22.8. The van der Waals surface area contributed by atoms with Crippen molar-refractivity contribution in [1.82, 2.24) is 25.2 Å². The number of hydrogen-bond donors (Lipinski definition) is 3. The van der Waals surface area contributed by atoms with Gasteiger partial charge in [-0.3, -0.25) is 19.1 Å². The van der Waals surface area contributed by atoms with Gasteiger partial charge in [0.15, 0.2) is 0 Å². The second-order valence-electron chi connectivity index (χ2n) is 18.2. The van der Waals surface area contributed by atoms with Crippen LogP contribution in [0.1, 0.15) is 127 Å². The number of amides is 4. The molecule has 1 saturated heterocycles. The summed E-state index contributed by atoms with van der Waals surface area (Å²) in [6.07, 6.45) is 14.3. The van der Waals surface area contributed by atoms with Crippen molar-refractivity contribution in [2.24, 2.45) is 5.92 Å². The molecular formula is C43H55N5O9S. The van der Waals surface area contributed by atoms with Gasteiger partial charge in [0.25, 0.3) is 5.91 Å². The molecule has 9 rings (SSSR count). The van der Waals surface area contributed by atoms with Crippen LogP contribution < -0.4 is 24.8 Å². The Kier molecular flexibility index (Phi) is 9.91. The van der Waals surface area contributed by atoms with Gasteiger partial charge in [0, 0.05) is 29.2 Å². The molecule has 58 heavy (non-hydrogen) atoms. The van der Waals surface area contributed by atoms with Crippen LogP contribution in [0.25, 0.3) is 10.9 Å². The Bertz CT molecular complexity index is 2160. The number of methoxy groups -OCH3 is 1. The number of benzene rings is 1. The summed E-state index contributed by atoms with van der Waals surface area (Å²) in [6.45, 7) is 1.69. The summed E-state index contributed by atoms with van der Waals surface area (Å²) >= 11 is 0. The topological polar surface area (TPSA) is 182 Å². The number of carbonyl (C=O) groups is 4. The van der Waals surface area contributed by atoms with Crippen molar-refractivity contribution in [2.45, 2.75) is 156 Å². The molecule has 7 aliphatic rings. The molecule has 1 spiro atoms. The minimum absolute atomic E-state index is 0.0781. The van der Waals surface area contributed by atoms with Gasteiger partial charge < -0.3 is 29.7 Å². The normalized spacial score (nSPS) is 31.4. The van der Waals surface area contributed by atoms with Crippen LogP contribution >= 0.6 is 0 Å². The van der Waals surface area contributed by atoms with Gasteiger partial charge >= 0.3 is 6.09 Å². The van der Waals surface area contributed by atoms with Crippen LogP contribution in [0.3, 0.4) is 0 Å². The van der Waals surface area contributed by atoms with Gasteiger partial charge in [0.1, 0.15) is 40.8 Å². The number of alkyl carbamates (subject to hydrolysis) is 1. The van der Waals surface area contributed by atoms with Gasteiger partial charge in [-0.1, -0.05) is 25.0 Å². The minimum Gasteiger partial charge on any atom is -0.497 e. The molecule has 0 bridgehead atoms. The first-order chi connectivity index (χ1) is 27.8. The second-order valence-corrected chi connectivity index (χ2v) is 20.4. The molecular weight excluding hydrogens is 763 g/mol. The van der Waals surface area contributed by atoms with Gasteiger partial charge in [-0.15, -0.1) is 0 Å². The van der Waals surface area contributed by atoms with Crippen molar-refractivity contribution in [3.63, 3.8) is 0 Å². The Morgan fingerprint density at radius 2 is 1.78 bits per heavy atom. The van der Waals surface area contributed by atoms with E-state index in [0.717, 1.165) is 73.5 Å². The van der Waals surface area contributed by atoms with Gasteiger partial charge in [0.2, 0.25) is 21.8 Å². The molecule has 5 fully saturated rings. The van der Waals surface area contributed by atoms with Gasteiger partial charge in [0.05, 0.1) is 29.6 Å². The zero-order chi connectivity index (χ0) is 40.5. The minimum atomic E-state index is -3.99. The number of aryl methyl sites for hydroxylation is 1. The highest BCUT2D eigenvalue weighted by Crippen LogP contribution is 2.52. The Morgan fingerprint density at radius 1 is 1.00 bits per heavy atom. The number of ether oxygens (including phenoxy) is 3. The smallest absolute Gasteiger partial charge is 0.408 e. The van der Waals surface area contributed by atoms with E-state index in [0.29, 0.717) is 56.4 Å². The Morgan fingerprint density at radius 3 is 2.52 bits per heavy atom. The molecule has 312 valence electrons. The average molecular weight is 818 g/mol. The standard InChI is InChI=1S/C43H55N5O9S/c1-41(20-21-41)58(53,54)47-39(51)43-23-27(43)10-6-4-3-5-7-13-33(45-40(52)56-28-11-8-9-12-28)38(50)48-25-42(24-34(48)37(49)46-43)19-18-30-31-22-29(55-2)16-17-32(31)44-35(26-14-15-26)36(30)57-42/h6,10,16-17,22,26-28,33-34H,3-5,7-9,11-15,18-21,23-25H2,1-2H3,(H,45,52)(H,46,49)(H,47,51)/b10-6-/t27-,33-,34-,42+,43+/m0/s1. The number of pyridine rings is 1. The Balaban J connectivity index is 1.06. The molecule has 4 amide bonds. The van der Waals surface area contributed by atoms with E-state index in [1.807, 2.05) is 30.4 Å². The largest absolute Gasteiger partial charge is 0.497 e. The maximum Gasteiger partial charge on any atom is 0.408 e. The van der Waals surface area contributed by atoms with Crippen LogP contribution in [-0.4, -0.2) is 89.8 Å². The predicted molar refractivity (Wildman–Crippen MR) is 214 cm³/mol. The lowest BCUT2D eigenvalue weighted by atomic mass is 9.86. The first-order valence-electron chi connectivity index (χ1n) is 21.4. The zero-order valence-electron chi connectivity index (χ0n) is 33.5. The van der Waals surface area contributed by atoms with Gasteiger partial charge in [-0.2, -0.15) is 0 Å². The lowest BCUT2D eigenvalue weighted by Gasteiger charge is -2.37. The number of nitrogens with one attached hydrogen (secondary N) is 3. The molecule has 14 nitrogen and oxygen atoms in total. The van der Waals surface area contributed by atoms with E-state index in [2.05, 4.69) is 15.4 Å². The van der Waals surface area contributed by atoms with E-state index < -0.39 is 67.7 Å². The third-order valence-corrected chi connectivity index (χ3v) is 16.0. The third kappa shape index (κ3) is 7.29. The second kappa shape index (κ2) is 14.7. The van der Waals surface area contributed by atoms with E-state index in [9.17, 15) is 27.6 Å². The third-order valence-electron chi connectivity index (χ3n) is 13.9.